The summed E-state index contributed by atoms with van der Waals surface area (Å²) in [5, 5.41) is 2.62. The van der Waals surface area contributed by atoms with Crippen LogP contribution in [0.1, 0.15) is 32.2 Å². The number of hydrogen-bond donors (Lipinski definition) is 1. The molecular formula is C22H16FN3O5. The first-order chi connectivity index (χ1) is 14.9. The maximum Gasteiger partial charge on any atom is 0.338 e. The number of rotatable bonds is 5. The molecule has 9 heteroatoms. The van der Waals surface area contributed by atoms with Crippen LogP contribution in [0.5, 0.6) is 0 Å². The highest BCUT2D eigenvalue weighted by atomic mass is 19.1. The second-order valence-corrected chi connectivity index (χ2v) is 6.70. The van der Waals surface area contributed by atoms with E-state index in [1.54, 1.807) is 13.0 Å². The Bertz CT molecular complexity index is 1340. The Kier molecular flexibility index (Phi) is 5.31. The van der Waals surface area contributed by atoms with Gasteiger partial charge in [0.25, 0.3) is 11.5 Å². The molecule has 0 fully saturated rings. The maximum absolute atomic E-state index is 13.2. The van der Waals surface area contributed by atoms with Crippen molar-refractivity contribution in [3.8, 4) is 0 Å². The molecule has 8 nitrogen and oxygen atoms in total. The van der Waals surface area contributed by atoms with Crippen LogP contribution in [0.3, 0.4) is 0 Å². The Morgan fingerprint density at radius 3 is 2.61 bits per heavy atom. The number of benzene rings is 2. The van der Waals surface area contributed by atoms with Gasteiger partial charge < -0.3 is 14.6 Å². The van der Waals surface area contributed by atoms with E-state index in [-0.39, 0.29) is 23.4 Å². The Morgan fingerprint density at radius 1 is 1.10 bits per heavy atom. The lowest BCUT2D eigenvalue weighted by Crippen LogP contribution is -2.15. The van der Waals surface area contributed by atoms with Gasteiger partial charge in [0.05, 0.1) is 11.3 Å². The van der Waals surface area contributed by atoms with E-state index in [9.17, 15) is 18.8 Å². The van der Waals surface area contributed by atoms with Gasteiger partial charge in [0.2, 0.25) is 0 Å². The molecule has 0 atom stereocenters. The molecule has 2 heterocycles. The Labute approximate surface area is 174 Å². The van der Waals surface area contributed by atoms with Crippen LogP contribution in [0.15, 0.2) is 70.0 Å². The third-order valence-electron chi connectivity index (χ3n) is 4.34. The molecule has 156 valence electrons. The number of aryl methyl sites for hydroxylation is 1. The van der Waals surface area contributed by atoms with Crippen LogP contribution in [-0.2, 0) is 11.3 Å². The molecule has 0 unspecified atom stereocenters. The van der Waals surface area contributed by atoms with Crippen LogP contribution >= 0.6 is 0 Å². The highest BCUT2D eigenvalue weighted by Crippen LogP contribution is 2.14. The van der Waals surface area contributed by atoms with Crippen molar-refractivity contribution in [2.24, 2.45) is 0 Å². The molecular weight excluding hydrogens is 405 g/mol. The lowest BCUT2D eigenvalue weighted by molar-refractivity contribution is 0.0467. The lowest BCUT2D eigenvalue weighted by Gasteiger charge is -2.07. The number of nitrogens with one attached hydrogen (secondary N) is 1. The predicted octanol–water partition coefficient (Wildman–Crippen LogP) is 3.34. The molecule has 1 N–H and O–H groups in total. The highest BCUT2D eigenvalue weighted by Gasteiger charge is 2.12. The molecule has 4 rings (SSSR count). The SMILES string of the molecule is Cc1cc2nc(COC(=O)c3ccc(NC(=O)c4cccc(F)c4)cc3)cc(=O)n2o1. The van der Waals surface area contributed by atoms with Crippen molar-refractivity contribution in [2.75, 3.05) is 5.32 Å². The first-order valence-corrected chi connectivity index (χ1v) is 9.23. The summed E-state index contributed by atoms with van der Waals surface area (Å²) >= 11 is 0. The summed E-state index contributed by atoms with van der Waals surface area (Å²) in [4.78, 5) is 40.7. The van der Waals surface area contributed by atoms with Crippen LogP contribution in [0.4, 0.5) is 10.1 Å². The van der Waals surface area contributed by atoms with E-state index >= 15 is 0 Å². The van der Waals surface area contributed by atoms with Gasteiger partial charge in [-0.3, -0.25) is 9.59 Å². The summed E-state index contributed by atoms with van der Waals surface area (Å²) in [6.07, 6.45) is 0. The molecule has 1 amide bonds. The molecule has 0 bridgehead atoms. The topological polar surface area (TPSA) is 103 Å². The van der Waals surface area contributed by atoms with Gasteiger partial charge in [-0.25, -0.2) is 14.2 Å². The fraction of sp³-hybridized carbons (Fsp3) is 0.0909. The van der Waals surface area contributed by atoms with Crippen molar-refractivity contribution in [2.45, 2.75) is 13.5 Å². The van der Waals surface area contributed by atoms with E-state index < -0.39 is 23.3 Å². The number of carbonyl (C=O) groups is 2. The van der Waals surface area contributed by atoms with Crippen LogP contribution in [0.2, 0.25) is 0 Å². The smallest absolute Gasteiger partial charge is 0.338 e. The Hall–Kier alpha value is -4.27. The highest BCUT2D eigenvalue weighted by molar-refractivity contribution is 6.04. The quantitative estimate of drug-likeness (QED) is 0.496. The van der Waals surface area contributed by atoms with Gasteiger partial charge >= 0.3 is 5.97 Å². The number of hydrogen-bond acceptors (Lipinski definition) is 6. The molecule has 2 aromatic carbocycles. The van der Waals surface area contributed by atoms with Crippen LogP contribution < -0.4 is 10.9 Å². The molecule has 0 aliphatic carbocycles. The number of aromatic nitrogens is 2. The van der Waals surface area contributed by atoms with Gasteiger partial charge in [-0.1, -0.05) is 6.07 Å². The maximum atomic E-state index is 13.2. The second kappa shape index (κ2) is 8.23. The number of amides is 1. The molecule has 0 saturated carbocycles. The van der Waals surface area contributed by atoms with Crippen molar-refractivity contribution in [1.82, 2.24) is 9.56 Å². The van der Waals surface area contributed by atoms with E-state index in [1.165, 1.54) is 48.5 Å². The Morgan fingerprint density at radius 2 is 1.87 bits per heavy atom. The lowest BCUT2D eigenvalue weighted by atomic mass is 10.2. The van der Waals surface area contributed by atoms with Crippen molar-refractivity contribution in [3.05, 3.63) is 99.4 Å². The molecule has 0 radical (unpaired) electrons. The van der Waals surface area contributed by atoms with E-state index in [1.807, 2.05) is 0 Å². The largest absolute Gasteiger partial charge is 0.456 e. The average Bonchev–Trinajstić information content (AvgIpc) is 3.13. The Balaban J connectivity index is 1.39. The third-order valence-corrected chi connectivity index (χ3v) is 4.34. The number of fused-ring (bicyclic) bond motifs is 1. The first-order valence-electron chi connectivity index (χ1n) is 9.23. The summed E-state index contributed by atoms with van der Waals surface area (Å²) < 4.78 is 24.7. The van der Waals surface area contributed by atoms with Crippen LogP contribution in [-0.4, -0.2) is 21.4 Å². The molecule has 31 heavy (non-hydrogen) atoms. The van der Waals surface area contributed by atoms with Crippen molar-refractivity contribution in [1.29, 1.82) is 0 Å². The van der Waals surface area contributed by atoms with Gasteiger partial charge in [0.1, 0.15) is 18.2 Å². The summed E-state index contributed by atoms with van der Waals surface area (Å²) in [6.45, 7) is 1.50. The van der Waals surface area contributed by atoms with Gasteiger partial charge in [-0.15, -0.1) is 4.57 Å². The molecule has 0 aliphatic heterocycles. The predicted molar refractivity (Wildman–Crippen MR) is 108 cm³/mol. The van der Waals surface area contributed by atoms with Gasteiger partial charge in [-0.05, 0) is 49.4 Å². The van der Waals surface area contributed by atoms with Crippen LogP contribution in [0.25, 0.3) is 5.65 Å². The van der Waals surface area contributed by atoms with Crippen molar-refractivity contribution in [3.63, 3.8) is 0 Å². The van der Waals surface area contributed by atoms with E-state index in [0.717, 1.165) is 10.6 Å². The van der Waals surface area contributed by atoms with E-state index in [0.29, 0.717) is 17.1 Å². The fourth-order valence-corrected chi connectivity index (χ4v) is 2.89. The third kappa shape index (κ3) is 4.50. The monoisotopic (exact) mass is 421 g/mol. The molecule has 0 aliphatic rings. The number of nitrogens with zero attached hydrogens (tertiary/aromatic N) is 2. The minimum atomic E-state index is -0.617. The summed E-state index contributed by atoms with van der Waals surface area (Å²) in [7, 11) is 0. The molecule has 0 spiro atoms. The van der Waals surface area contributed by atoms with Crippen LogP contribution in [0, 0.1) is 12.7 Å². The van der Waals surface area contributed by atoms with Crippen molar-refractivity contribution < 1.29 is 23.2 Å². The number of anilines is 1. The van der Waals surface area contributed by atoms with E-state index in [4.69, 9.17) is 9.26 Å². The van der Waals surface area contributed by atoms with Gasteiger partial charge in [0.15, 0.2) is 5.65 Å². The first kappa shape index (κ1) is 20.0. The zero-order valence-corrected chi connectivity index (χ0v) is 16.3. The van der Waals surface area contributed by atoms with Gasteiger partial charge in [-0.2, -0.15) is 0 Å². The molecule has 4 aromatic rings. The number of esters is 1. The zero-order chi connectivity index (χ0) is 22.0. The van der Waals surface area contributed by atoms with Crippen molar-refractivity contribution >= 4 is 23.2 Å². The number of halogens is 1. The summed E-state index contributed by atoms with van der Waals surface area (Å²) in [6, 6.07) is 14.2. The number of ether oxygens (including phenoxy) is 1. The second-order valence-electron chi connectivity index (χ2n) is 6.70. The normalized spacial score (nSPS) is 10.8. The molecule has 2 aromatic heterocycles. The number of carbonyl (C=O) groups excluding carboxylic acids is 2. The average molecular weight is 421 g/mol. The van der Waals surface area contributed by atoms with E-state index in [2.05, 4.69) is 10.3 Å². The zero-order valence-electron chi connectivity index (χ0n) is 16.3. The fourth-order valence-electron chi connectivity index (χ4n) is 2.89. The summed E-state index contributed by atoms with van der Waals surface area (Å²) in [5.41, 5.74) is 1.06. The summed E-state index contributed by atoms with van der Waals surface area (Å²) in [5.74, 6) is -1.07. The molecule has 0 saturated heterocycles. The minimum Gasteiger partial charge on any atom is -0.456 e. The van der Waals surface area contributed by atoms with Gasteiger partial charge in [0, 0.05) is 23.4 Å². The minimum absolute atomic E-state index is 0.177. The standard InChI is InChI=1S/C22H16FN3O5/c1-13-9-19-24-18(11-20(27)26(19)31-13)12-30-22(29)14-5-7-17(8-6-14)25-21(28)15-3-2-4-16(23)10-15/h2-11H,12H2,1H3,(H,25,28).